The van der Waals surface area contributed by atoms with E-state index in [0.717, 1.165) is 28.8 Å². The molecule has 0 atom stereocenters. The van der Waals surface area contributed by atoms with Gasteiger partial charge in [-0.25, -0.2) is 4.39 Å². The summed E-state index contributed by atoms with van der Waals surface area (Å²) < 4.78 is 59.6. The van der Waals surface area contributed by atoms with Crippen LogP contribution in [0.15, 0.2) is 71.6 Å². The average Bonchev–Trinajstić information content (AvgIpc) is 2.78. The van der Waals surface area contributed by atoms with Crippen LogP contribution in [0.2, 0.25) is 0 Å². The van der Waals surface area contributed by atoms with Crippen molar-refractivity contribution in [1.82, 2.24) is 0 Å². The van der Waals surface area contributed by atoms with E-state index in [-0.39, 0.29) is 17.0 Å². The second kappa shape index (κ2) is 10.4. The number of carbonyl (C=O) groups is 2. The van der Waals surface area contributed by atoms with E-state index in [4.69, 9.17) is 4.74 Å². The fourth-order valence-electron chi connectivity index (χ4n) is 2.82. The first kappa shape index (κ1) is 24.1. The summed E-state index contributed by atoms with van der Waals surface area (Å²) in [6, 6.07) is 14.9. The minimum absolute atomic E-state index is 0.116. The molecule has 0 aliphatic rings. The zero-order chi connectivity index (χ0) is 24.0. The molecule has 0 unspecified atom stereocenters. The molecule has 0 bridgehead atoms. The number of anilines is 2. The molecule has 33 heavy (non-hydrogen) atoms. The normalized spacial score (nSPS) is 11.1. The van der Waals surface area contributed by atoms with Crippen LogP contribution in [0.5, 0.6) is 5.75 Å². The van der Waals surface area contributed by atoms with Crippen LogP contribution in [0.4, 0.5) is 28.9 Å². The van der Waals surface area contributed by atoms with Gasteiger partial charge in [-0.3, -0.25) is 9.59 Å². The number of ether oxygens (including phenoxy) is 1. The number of hydrogen-bond donors (Lipinski definition) is 2. The molecule has 0 radical (unpaired) electrons. The molecule has 0 fully saturated rings. The Morgan fingerprint density at radius 3 is 2.30 bits per heavy atom. The van der Waals surface area contributed by atoms with Gasteiger partial charge in [0, 0.05) is 10.6 Å². The minimum Gasteiger partial charge on any atom is -0.497 e. The molecule has 172 valence electrons. The highest BCUT2D eigenvalue weighted by molar-refractivity contribution is 8.00. The molecule has 2 N–H and O–H groups in total. The van der Waals surface area contributed by atoms with Gasteiger partial charge in [0.15, 0.2) is 0 Å². The zero-order valence-corrected chi connectivity index (χ0v) is 18.0. The Morgan fingerprint density at radius 2 is 1.67 bits per heavy atom. The number of hydrogen-bond acceptors (Lipinski definition) is 4. The van der Waals surface area contributed by atoms with E-state index in [9.17, 15) is 27.2 Å². The first-order valence-corrected chi connectivity index (χ1v) is 10.5. The molecular formula is C23H18F4N2O3S. The third kappa shape index (κ3) is 6.48. The molecule has 3 rings (SSSR count). The van der Waals surface area contributed by atoms with E-state index in [2.05, 4.69) is 10.6 Å². The highest BCUT2D eigenvalue weighted by atomic mass is 32.2. The number of carbonyl (C=O) groups excluding carboxylic acids is 2. The van der Waals surface area contributed by atoms with Crippen LogP contribution < -0.4 is 15.4 Å². The lowest BCUT2D eigenvalue weighted by atomic mass is 10.1. The summed E-state index contributed by atoms with van der Waals surface area (Å²) in [7, 11) is 1.52. The maximum absolute atomic E-state index is 13.8. The number of amides is 2. The van der Waals surface area contributed by atoms with Crippen molar-refractivity contribution in [2.75, 3.05) is 23.5 Å². The van der Waals surface area contributed by atoms with Crippen LogP contribution in [0.1, 0.15) is 15.9 Å². The van der Waals surface area contributed by atoms with Gasteiger partial charge in [-0.2, -0.15) is 13.2 Å². The molecule has 5 nitrogen and oxygen atoms in total. The minimum atomic E-state index is -4.80. The topological polar surface area (TPSA) is 67.4 Å². The van der Waals surface area contributed by atoms with Crippen molar-refractivity contribution in [3.05, 3.63) is 83.7 Å². The van der Waals surface area contributed by atoms with E-state index in [0.29, 0.717) is 11.8 Å². The molecule has 0 saturated carbocycles. The predicted octanol–water partition coefficient (Wildman–Crippen LogP) is 5.84. The van der Waals surface area contributed by atoms with E-state index in [1.165, 1.54) is 31.4 Å². The monoisotopic (exact) mass is 478 g/mol. The Morgan fingerprint density at radius 1 is 0.970 bits per heavy atom. The summed E-state index contributed by atoms with van der Waals surface area (Å²) in [5.74, 6) is -1.81. The Kier molecular flexibility index (Phi) is 7.59. The molecule has 10 heteroatoms. The second-order valence-electron chi connectivity index (χ2n) is 6.70. The molecule has 0 spiro atoms. The second-order valence-corrected chi connectivity index (χ2v) is 7.75. The number of benzene rings is 3. The van der Waals surface area contributed by atoms with E-state index in [1.54, 1.807) is 24.3 Å². The number of methoxy groups -OCH3 is 1. The van der Waals surface area contributed by atoms with E-state index < -0.39 is 35.1 Å². The Labute approximate surface area is 191 Å². The third-order valence-electron chi connectivity index (χ3n) is 4.40. The van der Waals surface area contributed by atoms with Crippen molar-refractivity contribution >= 4 is 35.0 Å². The summed E-state index contributed by atoms with van der Waals surface area (Å²) >= 11 is 1.15. The summed E-state index contributed by atoms with van der Waals surface area (Å²) in [6.07, 6.45) is -4.80. The van der Waals surface area contributed by atoms with Gasteiger partial charge in [0.1, 0.15) is 11.6 Å². The van der Waals surface area contributed by atoms with E-state index in [1.807, 2.05) is 0 Å². The van der Waals surface area contributed by atoms with Crippen molar-refractivity contribution in [2.45, 2.75) is 11.1 Å². The lowest BCUT2D eigenvalue weighted by Gasteiger charge is -2.16. The zero-order valence-electron chi connectivity index (χ0n) is 17.2. The number of halogens is 4. The van der Waals surface area contributed by atoms with Crippen LogP contribution in [-0.4, -0.2) is 24.7 Å². The summed E-state index contributed by atoms with van der Waals surface area (Å²) in [5.41, 5.74) is -2.09. The van der Waals surface area contributed by atoms with Crippen molar-refractivity contribution in [3.63, 3.8) is 0 Å². The molecule has 3 aromatic carbocycles. The largest absolute Gasteiger partial charge is 0.497 e. The molecule has 0 heterocycles. The number of rotatable bonds is 7. The number of nitrogens with one attached hydrogen (secondary N) is 2. The maximum atomic E-state index is 13.8. The Bertz CT molecular complexity index is 1150. The Hall–Kier alpha value is -3.53. The van der Waals surface area contributed by atoms with Crippen LogP contribution >= 0.6 is 11.8 Å². The summed E-state index contributed by atoms with van der Waals surface area (Å²) in [4.78, 5) is 25.2. The molecule has 0 aromatic heterocycles. The lowest BCUT2D eigenvalue weighted by Crippen LogP contribution is -2.19. The van der Waals surface area contributed by atoms with Gasteiger partial charge >= 0.3 is 6.18 Å². The number of alkyl halides is 3. The lowest BCUT2D eigenvalue weighted by molar-refractivity contribution is -0.136. The quantitative estimate of drug-likeness (QED) is 0.331. The molecular weight excluding hydrogens is 460 g/mol. The SMILES string of the molecule is COc1ccc(SCC(=O)Nc2ccc(NC(=O)c3ccccc3F)cc2C(F)(F)F)cc1. The van der Waals surface area contributed by atoms with Gasteiger partial charge in [0.25, 0.3) is 5.91 Å². The van der Waals surface area contributed by atoms with E-state index >= 15 is 0 Å². The highest BCUT2D eigenvalue weighted by Gasteiger charge is 2.34. The standard InChI is InChI=1S/C23H18F4N2O3S/c1-32-15-7-9-16(10-8-15)33-13-21(30)29-20-11-6-14(12-18(20)23(25,26)27)28-22(31)17-4-2-3-5-19(17)24/h2-12H,13H2,1H3,(H,28,31)(H,29,30). The van der Waals surface area contributed by atoms with Crippen LogP contribution in [0, 0.1) is 5.82 Å². The first-order valence-electron chi connectivity index (χ1n) is 9.51. The molecule has 0 aliphatic heterocycles. The predicted molar refractivity (Wildman–Crippen MR) is 118 cm³/mol. The smallest absolute Gasteiger partial charge is 0.418 e. The van der Waals surface area contributed by atoms with Crippen molar-refractivity contribution in [3.8, 4) is 5.75 Å². The van der Waals surface area contributed by atoms with Gasteiger partial charge in [-0.1, -0.05) is 12.1 Å². The van der Waals surface area contributed by atoms with Crippen LogP contribution in [0.25, 0.3) is 0 Å². The van der Waals surface area contributed by atoms with Crippen LogP contribution in [-0.2, 0) is 11.0 Å². The van der Waals surface area contributed by atoms with Gasteiger partial charge in [-0.15, -0.1) is 11.8 Å². The van der Waals surface area contributed by atoms with Gasteiger partial charge in [0.05, 0.1) is 29.7 Å². The summed E-state index contributed by atoms with van der Waals surface area (Å²) in [5, 5.41) is 4.50. The highest BCUT2D eigenvalue weighted by Crippen LogP contribution is 2.37. The maximum Gasteiger partial charge on any atom is 0.418 e. The molecule has 0 aliphatic carbocycles. The third-order valence-corrected chi connectivity index (χ3v) is 5.42. The fourth-order valence-corrected chi connectivity index (χ4v) is 3.51. The van der Waals surface area contributed by atoms with Gasteiger partial charge in [0.2, 0.25) is 5.91 Å². The number of thioether (sulfide) groups is 1. The molecule has 2 amide bonds. The fraction of sp³-hybridized carbons (Fsp3) is 0.130. The first-order chi connectivity index (χ1) is 15.7. The van der Waals surface area contributed by atoms with Crippen molar-refractivity contribution < 1.29 is 31.9 Å². The average molecular weight is 478 g/mol. The molecule has 0 saturated heterocycles. The summed E-state index contributed by atoms with van der Waals surface area (Å²) in [6.45, 7) is 0. The van der Waals surface area contributed by atoms with Crippen molar-refractivity contribution in [1.29, 1.82) is 0 Å². The Balaban J connectivity index is 1.71. The molecule has 3 aromatic rings. The van der Waals surface area contributed by atoms with Gasteiger partial charge < -0.3 is 15.4 Å². The van der Waals surface area contributed by atoms with Crippen molar-refractivity contribution in [2.24, 2.45) is 0 Å². The van der Waals surface area contributed by atoms with Gasteiger partial charge in [-0.05, 0) is 54.6 Å². The van der Waals surface area contributed by atoms with Crippen LogP contribution in [0.3, 0.4) is 0 Å².